The van der Waals surface area contributed by atoms with Gasteiger partial charge in [-0.2, -0.15) is 0 Å². The van der Waals surface area contributed by atoms with Crippen LogP contribution in [0.1, 0.15) is 18.0 Å². The fourth-order valence-electron chi connectivity index (χ4n) is 1.15. The molecule has 1 unspecified atom stereocenters. The van der Waals surface area contributed by atoms with Gasteiger partial charge in [-0.05, 0) is 5.56 Å². The van der Waals surface area contributed by atoms with Gasteiger partial charge < -0.3 is 10.8 Å². The molecule has 0 aliphatic rings. The first-order valence-corrected chi connectivity index (χ1v) is 4.22. The Morgan fingerprint density at radius 1 is 1.47 bits per heavy atom. The highest BCUT2D eigenvalue weighted by Gasteiger charge is 2.12. The molecular formula is C9H10N2O4. The molecule has 6 heteroatoms. The van der Waals surface area contributed by atoms with Crippen molar-refractivity contribution in [2.24, 2.45) is 5.73 Å². The molecule has 1 atom stereocenters. The summed E-state index contributed by atoms with van der Waals surface area (Å²) in [5.74, 6) is -0.999. The Kier molecular flexibility index (Phi) is 3.35. The first kappa shape index (κ1) is 11.1. The van der Waals surface area contributed by atoms with E-state index in [0.717, 1.165) is 0 Å². The molecule has 1 aromatic rings. The van der Waals surface area contributed by atoms with Crippen molar-refractivity contribution in [3.63, 3.8) is 0 Å². The molecule has 80 valence electrons. The number of carboxylic acid groups (broad SMARTS) is 1. The van der Waals surface area contributed by atoms with Crippen LogP contribution in [0.3, 0.4) is 0 Å². The summed E-state index contributed by atoms with van der Waals surface area (Å²) in [6, 6.07) is 4.90. The first-order valence-electron chi connectivity index (χ1n) is 4.22. The summed E-state index contributed by atoms with van der Waals surface area (Å²) < 4.78 is 0. The van der Waals surface area contributed by atoms with Crippen molar-refractivity contribution >= 4 is 11.7 Å². The number of nitro benzene ring substituents is 1. The molecule has 1 rings (SSSR count). The van der Waals surface area contributed by atoms with E-state index in [1.165, 1.54) is 24.3 Å². The summed E-state index contributed by atoms with van der Waals surface area (Å²) in [6.07, 6.45) is -0.197. The van der Waals surface area contributed by atoms with Crippen LogP contribution in [0.5, 0.6) is 0 Å². The molecule has 1 aromatic carbocycles. The van der Waals surface area contributed by atoms with E-state index in [1.807, 2.05) is 0 Å². The Labute approximate surface area is 85.5 Å². The number of aliphatic carboxylic acids is 1. The van der Waals surface area contributed by atoms with E-state index in [2.05, 4.69) is 0 Å². The number of carboxylic acids is 1. The minimum Gasteiger partial charge on any atom is -0.481 e. The van der Waals surface area contributed by atoms with Crippen molar-refractivity contribution in [1.82, 2.24) is 0 Å². The Balaban J connectivity index is 2.79. The molecule has 0 aliphatic carbocycles. The van der Waals surface area contributed by atoms with Crippen LogP contribution in [0, 0.1) is 10.1 Å². The smallest absolute Gasteiger partial charge is 0.305 e. The Bertz CT molecular complexity index is 374. The number of hydrogen-bond donors (Lipinski definition) is 2. The lowest BCUT2D eigenvalue weighted by atomic mass is 10.0. The number of hydrogen-bond acceptors (Lipinski definition) is 4. The van der Waals surface area contributed by atoms with Gasteiger partial charge in [-0.3, -0.25) is 14.9 Å². The van der Waals surface area contributed by atoms with Crippen LogP contribution in [0.4, 0.5) is 5.69 Å². The third-order valence-electron chi connectivity index (χ3n) is 1.93. The fourth-order valence-corrected chi connectivity index (χ4v) is 1.15. The number of nitrogens with zero attached hydrogens (tertiary/aromatic N) is 1. The average molecular weight is 210 g/mol. The number of carbonyl (C=O) groups is 1. The zero-order valence-corrected chi connectivity index (χ0v) is 7.79. The van der Waals surface area contributed by atoms with Gasteiger partial charge in [0.25, 0.3) is 5.69 Å². The first-order chi connectivity index (χ1) is 7.00. The topological polar surface area (TPSA) is 106 Å². The molecule has 0 radical (unpaired) electrons. The largest absolute Gasteiger partial charge is 0.481 e. The highest BCUT2D eigenvalue weighted by Crippen LogP contribution is 2.18. The van der Waals surface area contributed by atoms with Crippen LogP contribution < -0.4 is 5.73 Å². The van der Waals surface area contributed by atoms with Crippen LogP contribution in [0.15, 0.2) is 24.3 Å². The van der Waals surface area contributed by atoms with Crippen LogP contribution >= 0.6 is 0 Å². The van der Waals surface area contributed by atoms with Gasteiger partial charge in [0.1, 0.15) is 0 Å². The lowest BCUT2D eigenvalue weighted by Crippen LogP contribution is -2.14. The van der Waals surface area contributed by atoms with Crippen molar-refractivity contribution in [3.8, 4) is 0 Å². The third-order valence-corrected chi connectivity index (χ3v) is 1.93. The normalized spacial score (nSPS) is 12.1. The van der Waals surface area contributed by atoms with Crippen molar-refractivity contribution < 1.29 is 14.8 Å². The van der Waals surface area contributed by atoms with Gasteiger partial charge in [-0.1, -0.05) is 12.1 Å². The highest BCUT2D eigenvalue weighted by atomic mass is 16.6. The van der Waals surface area contributed by atoms with Gasteiger partial charge in [0.05, 0.1) is 11.3 Å². The van der Waals surface area contributed by atoms with E-state index in [9.17, 15) is 14.9 Å². The monoisotopic (exact) mass is 210 g/mol. The van der Waals surface area contributed by atoms with Gasteiger partial charge in [0.2, 0.25) is 0 Å². The van der Waals surface area contributed by atoms with Crippen molar-refractivity contribution in [2.75, 3.05) is 0 Å². The van der Waals surface area contributed by atoms with Crippen molar-refractivity contribution in [2.45, 2.75) is 12.5 Å². The summed E-state index contributed by atoms with van der Waals surface area (Å²) >= 11 is 0. The van der Waals surface area contributed by atoms with Crippen LogP contribution in [-0.2, 0) is 4.79 Å². The van der Waals surface area contributed by atoms with E-state index in [4.69, 9.17) is 10.8 Å². The standard InChI is InChI=1S/C9H10N2O4/c10-8(5-9(12)13)6-1-3-7(4-2-6)11(14)15/h1-4,8H,5,10H2,(H,12,13). The summed E-state index contributed by atoms with van der Waals surface area (Å²) in [6.45, 7) is 0. The zero-order valence-electron chi connectivity index (χ0n) is 7.79. The molecule has 15 heavy (non-hydrogen) atoms. The Morgan fingerprint density at radius 2 is 2.00 bits per heavy atom. The summed E-state index contributed by atoms with van der Waals surface area (Å²) in [5, 5.41) is 18.8. The third kappa shape index (κ3) is 3.03. The SMILES string of the molecule is NC(CC(=O)O)c1ccc([N+](=O)[O-])cc1. The highest BCUT2D eigenvalue weighted by molar-refractivity contribution is 5.67. The number of rotatable bonds is 4. The van der Waals surface area contributed by atoms with Gasteiger partial charge in [-0.25, -0.2) is 0 Å². The summed E-state index contributed by atoms with van der Waals surface area (Å²) in [7, 11) is 0. The number of non-ortho nitro benzene ring substituents is 1. The molecule has 0 bridgehead atoms. The molecule has 6 nitrogen and oxygen atoms in total. The van der Waals surface area contributed by atoms with Crippen molar-refractivity contribution in [1.29, 1.82) is 0 Å². The molecule has 0 saturated carbocycles. The van der Waals surface area contributed by atoms with Gasteiger partial charge in [0, 0.05) is 18.2 Å². The number of nitrogens with two attached hydrogens (primary N) is 1. The minimum atomic E-state index is -0.999. The fraction of sp³-hybridized carbons (Fsp3) is 0.222. The Hall–Kier alpha value is -1.95. The maximum atomic E-state index is 10.4. The molecule has 0 aliphatic heterocycles. The molecule has 0 heterocycles. The minimum absolute atomic E-state index is 0.0405. The second kappa shape index (κ2) is 4.52. The summed E-state index contributed by atoms with van der Waals surface area (Å²) in [5.41, 5.74) is 6.10. The Morgan fingerprint density at radius 3 is 2.40 bits per heavy atom. The molecular weight excluding hydrogens is 200 g/mol. The van der Waals surface area contributed by atoms with Gasteiger partial charge in [0.15, 0.2) is 0 Å². The number of benzene rings is 1. The summed E-state index contributed by atoms with van der Waals surface area (Å²) in [4.78, 5) is 20.2. The lowest BCUT2D eigenvalue weighted by Gasteiger charge is -2.08. The molecule has 0 fully saturated rings. The van der Waals surface area contributed by atoms with E-state index >= 15 is 0 Å². The van der Waals surface area contributed by atoms with Gasteiger partial charge in [-0.15, -0.1) is 0 Å². The van der Waals surface area contributed by atoms with Gasteiger partial charge >= 0.3 is 5.97 Å². The molecule has 0 saturated heterocycles. The quantitative estimate of drug-likeness (QED) is 0.571. The second-order valence-electron chi connectivity index (χ2n) is 3.05. The molecule has 3 N–H and O–H groups in total. The predicted molar refractivity (Wildman–Crippen MR) is 52.3 cm³/mol. The van der Waals surface area contributed by atoms with E-state index < -0.39 is 16.9 Å². The van der Waals surface area contributed by atoms with E-state index in [0.29, 0.717) is 5.56 Å². The molecule has 0 spiro atoms. The van der Waals surface area contributed by atoms with Crippen LogP contribution in [0.2, 0.25) is 0 Å². The predicted octanol–water partition coefficient (Wildman–Crippen LogP) is 1.07. The van der Waals surface area contributed by atoms with Crippen molar-refractivity contribution in [3.05, 3.63) is 39.9 Å². The zero-order chi connectivity index (χ0) is 11.4. The second-order valence-corrected chi connectivity index (χ2v) is 3.05. The van der Waals surface area contributed by atoms with E-state index in [1.54, 1.807) is 0 Å². The van der Waals surface area contributed by atoms with Crippen LogP contribution in [0.25, 0.3) is 0 Å². The lowest BCUT2D eigenvalue weighted by molar-refractivity contribution is -0.384. The average Bonchev–Trinajstić information content (AvgIpc) is 2.17. The van der Waals surface area contributed by atoms with Crippen LogP contribution in [-0.4, -0.2) is 16.0 Å². The van der Waals surface area contributed by atoms with E-state index in [-0.39, 0.29) is 12.1 Å². The molecule has 0 aromatic heterocycles. The molecule has 0 amide bonds. The maximum absolute atomic E-state index is 10.4. The maximum Gasteiger partial charge on any atom is 0.305 e. The number of nitro groups is 1.